The van der Waals surface area contributed by atoms with Gasteiger partial charge in [0.1, 0.15) is 11.2 Å². The molecule has 0 atom stereocenters. The minimum Gasteiger partial charge on any atom is -0.456 e. The average Bonchev–Trinajstić information content (AvgIpc) is 3.79. The second-order valence-corrected chi connectivity index (χ2v) is 14.8. The van der Waals surface area contributed by atoms with E-state index < -0.39 is 0 Å². The van der Waals surface area contributed by atoms with E-state index in [0.29, 0.717) is 0 Å². The highest BCUT2D eigenvalue weighted by molar-refractivity contribution is 7.26. The highest BCUT2D eigenvalue weighted by Gasteiger charge is 2.20. The van der Waals surface area contributed by atoms with Crippen LogP contribution in [0.2, 0.25) is 0 Å². The van der Waals surface area contributed by atoms with Gasteiger partial charge in [-0.15, -0.1) is 11.3 Å². The number of thiophene rings is 1. The van der Waals surface area contributed by atoms with Gasteiger partial charge in [-0.05, 0) is 104 Å². The molecule has 2 heterocycles. The van der Waals surface area contributed by atoms with Crippen LogP contribution in [0.4, 0.5) is 17.1 Å². The lowest BCUT2D eigenvalue weighted by Crippen LogP contribution is -2.10. The molecule has 11 aromatic rings. The molecule has 2 aromatic heterocycles. The van der Waals surface area contributed by atoms with Gasteiger partial charge >= 0.3 is 0 Å². The standard InChI is InChI=1S/C50H31NOS/c1-2-12-32(13-3-1)38-16-4-5-17-39(38)33-14-10-15-36(28-33)51(45-20-11-23-49-50(45)42-19-7-9-22-48(42)53-49)37-26-27-40-34(29-37)24-25-35-30-47-44(31-43(35)40)41-18-6-8-21-46(41)52-47/h1-31H. The molecular formula is C50H31NOS. The van der Waals surface area contributed by atoms with Crippen LogP contribution in [-0.2, 0) is 0 Å². The fraction of sp³-hybridized carbons (Fsp3) is 0. The summed E-state index contributed by atoms with van der Waals surface area (Å²) in [5.74, 6) is 0. The van der Waals surface area contributed by atoms with E-state index in [2.05, 4.69) is 181 Å². The Hall–Kier alpha value is -6.68. The van der Waals surface area contributed by atoms with Crippen molar-refractivity contribution in [2.24, 2.45) is 0 Å². The average molecular weight is 694 g/mol. The van der Waals surface area contributed by atoms with Gasteiger partial charge in [-0.2, -0.15) is 0 Å². The normalized spacial score (nSPS) is 11.8. The first-order valence-electron chi connectivity index (χ1n) is 18.0. The number of benzene rings is 9. The zero-order valence-electron chi connectivity index (χ0n) is 28.7. The van der Waals surface area contributed by atoms with E-state index >= 15 is 0 Å². The fourth-order valence-electron chi connectivity index (χ4n) is 8.20. The third-order valence-electron chi connectivity index (χ3n) is 10.6. The van der Waals surface area contributed by atoms with E-state index in [0.717, 1.165) is 33.3 Å². The molecule has 0 N–H and O–H groups in total. The zero-order valence-corrected chi connectivity index (χ0v) is 29.5. The molecule has 9 aromatic carbocycles. The number of fused-ring (bicyclic) bond motifs is 9. The second-order valence-electron chi connectivity index (χ2n) is 13.7. The fourth-order valence-corrected chi connectivity index (χ4v) is 9.32. The van der Waals surface area contributed by atoms with Gasteiger partial charge in [0, 0.05) is 42.3 Å². The number of hydrogen-bond acceptors (Lipinski definition) is 3. The molecule has 0 saturated carbocycles. The maximum Gasteiger partial charge on any atom is 0.136 e. The van der Waals surface area contributed by atoms with Crippen molar-refractivity contribution in [1.29, 1.82) is 0 Å². The van der Waals surface area contributed by atoms with Crippen LogP contribution in [-0.4, -0.2) is 0 Å². The minimum atomic E-state index is 0.920. The van der Waals surface area contributed by atoms with Gasteiger partial charge in [-0.1, -0.05) is 127 Å². The van der Waals surface area contributed by atoms with Crippen LogP contribution in [0.3, 0.4) is 0 Å². The maximum absolute atomic E-state index is 6.25. The summed E-state index contributed by atoms with van der Waals surface area (Å²) in [6.07, 6.45) is 0. The molecule has 0 unspecified atom stereocenters. The first-order chi connectivity index (χ1) is 26.3. The molecule has 0 radical (unpaired) electrons. The maximum atomic E-state index is 6.25. The second kappa shape index (κ2) is 11.9. The predicted octanol–water partition coefficient (Wildman–Crippen LogP) is 15.1. The summed E-state index contributed by atoms with van der Waals surface area (Å²) in [7, 11) is 0. The van der Waals surface area contributed by atoms with Gasteiger partial charge in [0.2, 0.25) is 0 Å². The highest BCUT2D eigenvalue weighted by atomic mass is 32.1. The van der Waals surface area contributed by atoms with E-state index in [4.69, 9.17) is 4.42 Å². The summed E-state index contributed by atoms with van der Waals surface area (Å²) in [6, 6.07) is 68.1. The molecule has 0 aliphatic carbocycles. The quantitative estimate of drug-likeness (QED) is 0.167. The van der Waals surface area contributed by atoms with Crippen LogP contribution in [0.5, 0.6) is 0 Å². The largest absolute Gasteiger partial charge is 0.456 e. The van der Waals surface area contributed by atoms with Gasteiger partial charge in [-0.3, -0.25) is 0 Å². The molecule has 11 rings (SSSR count). The SMILES string of the molecule is c1ccc(-c2ccccc2-c2cccc(N(c3ccc4c(ccc5cc6oc7ccccc7c6cc54)c3)c3cccc4sc5ccccc5c34)c2)cc1. The Morgan fingerprint density at radius 3 is 1.94 bits per heavy atom. The van der Waals surface area contributed by atoms with Gasteiger partial charge < -0.3 is 9.32 Å². The van der Waals surface area contributed by atoms with E-state index in [1.165, 1.54) is 69.7 Å². The van der Waals surface area contributed by atoms with Crippen LogP contribution in [0.15, 0.2) is 192 Å². The molecule has 0 bridgehead atoms. The smallest absolute Gasteiger partial charge is 0.136 e. The molecule has 248 valence electrons. The molecule has 53 heavy (non-hydrogen) atoms. The lowest BCUT2D eigenvalue weighted by molar-refractivity contribution is 0.669. The van der Waals surface area contributed by atoms with E-state index in [-0.39, 0.29) is 0 Å². The van der Waals surface area contributed by atoms with Crippen LogP contribution in [0.25, 0.3) is 85.9 Å². The van der Waals surface area contributed by atoms with Gasteiger partial charge in [0.15, 0.2) is 0 Å². The zero-order chi connectivity index (χ0) is 34.9. The summed E-state index contributed by atoms with van der Waals surface area (Å²) < 4.78 is 8.82. The van der Waals surface area contributed by atoms with Crippen LogP contribution >= 0.6 is 11.3 Å². The van der Waals surface area contributed by atoms with Crippen LogP contribution in [0, 0.1) is 0 Å². The number of para-hydroxylation sites is 1. The molecule has 0 spiro atoms. The third kappa shape index (κ3) is 4.86. The van der Waals surface area contributed by atoms with E-state index in [1.54, 1.807) is 0 Å². The molecule has 0 fully saturated rings. The number of furan rings is 1. The Labute approximate surface area is 310 Å². The van der Waals surface area contributed by atoms with Crippen molar-refractivity contribution < 1.29 is 4.42 Å². The number of rotatable bonds is 5. The van der Waals surface area contributed by atoms with Crippen molar-refractivity contribution in [2.75, 3.05) is 4.90 Å². The van der Waals surface area contributed by atoms with Crippen molar-refractivity contribution in [3.8, 4) is 22.3 Å². The van der Waals surface area contributed by atoms with Gasteiger partial charge in [0.05, 0.1) is 5.69 Å². The Morgan fingerprint density at radius 1 is 0.377 bits per heavy atom. The van der Waals surface area contributed by atoms with Gasteiger partial charge in [0.25, 0.3) is 0 Å². The summed E-state index contributed by atoms with van der Waals surface area (Å²) in [4.78, 5) is 2.45. The summed E-state index contributed by atoms with van der Waals surface area (Å²) in [5, 5.41) is 9.67. The number of nitrogens with zero attached hydrogens (tertiary/aromatic N) is 1. The first-order valence-corrected chi connectivity index (χ1v) is 18.8. The summed E-state index contributed by atoms with van der Waals surface area (Å²) >= 11 is 1.86. The summed E-state index contributed by atoms with van der Waals surface area (Å²) in [5.41, 5.74) is 10.1. The molecule has 3 heteroatoms. The lowest BCUT2D eigenvalue weighted by atomic mass is 9.94. The van der Waals surface area contributed by atoms with Crippen molar-refractivity contribution in [3.63, 3.8) is 0 Å². The van der Waals surface area contributed by atoms with Crippen molar-refractivity contribution in [1.82, 2.24) is 0 Å². The Bertz CT molecular complexity index is 3190. The molecular weight excluding hydrogens is 663 g/mol. The monoisotopic (exact) mass is 693 g/mol. The van der Waals surface area contributed by atoms with Crippen molar-refractivity contribution in [3.05, 3.63) is 188 Å². The van der Waals surface area contributed by atoms with Crippen LogP contribution in [0.1, 0.15) is 0 Å². The molecule has 2 nitrogen and oxygen atoms in total. The number of anilines is 3. The topological polar surface area (TPSA) is 16.4 Å². The Balaban J connectivity index is 1.14. The lowest BCUT2D eigenvalue weighted by Gasteiger charge is -2.27. The molecule has 0 amide bonds. The molecule has 0 aliphatic rings. The van der Waals surface area contributed by atoms with Gasteiger partial charge in [-0.25, -0.2) is 0 Å². The third-order valence-corrected chi connectivity index (χ3v) is 11.8. The number of hydrogen-bond donors (Lipinski definition) is 0. The van der Waals surface area contributed by atoms with E-state index in [9.17, 15) is 0 Å². The Morgan fingerprint density at radius 2 is 1.06 bits per heavy atom. The predicted molar refractivity (Wildman–Crippen MR) is 227 cm³/mol. The van der Waals surface area contributed by atoms with E-state index in [1.807, 2.05) is 23.5 Å². The molecule has 0 aliphatic heterocycles. The summed E-state index contributed by atoms with van der Waals surface area (Å²) in [6.45, 7) is 0. The van der Waals surface area contributed by atoms with Crippen molar-refractivity contribution >= 4 is 92.1 Å². The first kappa shape index (κ1) is 30.0. The van der Waals surface area contributed by atoms with Crippen molar-refractivity contribution in [2.45, 2.75) is 0 Å². The molecule has 0 saturated heterocycles. The van der Waals surface area contributed by atoms with Crippen LogP contribution < -0.4 is 4.90 Å². The highest BCUT2D eigenvalue weighted by Crippen LogP contribution is 2.46. The minimum absolute atomic E-state index is 0.920. The Kier molecular flexibility index (Phi) is 6.76.